The van der Waals surface area contributed by atoms with Crippen molar-refractivity contribution in [3.8, 4) is 0 Å². The van der Waals surface area contributed by atoms with Crippen LogP contribution in [0.5, 0.6) is 0 Å². The first-order valence-electron chi connectivity index (χ1n) is 6.89. The Hall–Kier alpha value is -1.66. The molecule has 1 rings (SSSR count). The molecule has 122 valence electrons. The maximum atomic E-state index is 13.8. The van der Waals surface area contributed by atoms with Gasteiger partial charge in [0.15, 0.2) is 0 Å². The van der Waals surface area contributed by atoms with E-state index in [0.717, 1.165) is 0 Å². The predicted octanol–water partition coefficient (Wildman–Crippen LogP) is 2.52. The highest BCUT2D eigenvalue weighted by Gasteiger charge is 2.22. The maximum absolute atomic E-state index is 13.8. The highest BCUT2D eigenvalue weighted by molar-refractivity contribution is 6.33. The fraction of sp³-hybridized carbons (Fsp3) is 0.467. The minimum absolute atomic E-state index is 0.0232. The average Bonchev–Trinajstić information content (AvgIpc) is 2.47. The Morgan fingerprint density at radius 1 is 1.32 bits per heavy atom. The Labute approximate surface area is 133 Å². The summed E-state index contributed by atoms with van der Waals surface area (Å²) in [5, 5.41) is 0.0311. The Balaban J connectivity index is 2.86. The number of hydrogen-bond acceptors (Lipinski definition) is 4. The number of hydrogen-bond donors (Lipinski definition) is 0. The van der Waals surface area contributed by atoms with Gasteiger partial charge in [0.2, 0.25) is 0 Å². The van der Waals surface area contributed by atoms with Crippen molar-refractivity contribution >= 4 is 23.5 Å². The zero-order valence-electron chi connectivity index (χ0n) is 12.6. The Morgan fingerprint density at radius 3 is 2.64 bits per heavy atom. The van der Waals surface area contributed by atoms with Gasteiger partial charge in [0.1, 0.15) is 5.82 Å². The number of carbonyl (C=O) groups excluding carboxylic acids is 2. The molecule has 0 aliphatic heterocycles. The van der Waals surface area contributed by atoms with Gasteiger partial charge in [0.25, 0.3) is 5.91 Å². The molecule has 0 aliphatic carbocycles. The van der Waals surface area contributed by atoms with E-state index in [2.05, 4.69) is 0 Å². The summed E-state index contributed by atoms with van der Waals surface area (Å²) < 4.78 is 23.6. The molecule has 0 aromatic heterocycles. The first kappa shape index (κ1) is 18.4. The summed E-state index contributed by atoms with van der Waals surface area (Å²) in [4.78, 5) is 25.2. The van der Waals surface area contributed by atoms with Gasteiger partial charge in [-0.05, 0) is 19.1 Å². The zero-order chi connectivity index (χ0) is 16.5. The van der Waals surface area contributed by atoms with E-state index in [-0.39, 0.29) is 43.3 Å². The van der Waals surface area contributed by atoms with Crippen molar-refractivity contribution in [2.75, 3.05) is 33.4 Å². The Bertz CT molecular complexity index is 504. The zero-order valence-corrected chi connectivity index (χ0v) is 13.4. The molecule has 0 aliphatic rings. The summed E-state index contributed by atoms with van der Waals surface area (Å²) in [5.74, 6) is -1.70. The lowest BCUT2D eigenvalue weighted by Crippen LogP contribution is -2.36. The summed E-state index contributed by atoms with van der Waals surface area (Å²) in [7, 11) is 1.49. The second-order valence-electron chi connectivity index (χ2n) is 4.44. The van der Waals surface area contributed by atoms with Crippen LogP contribution in [-0.4, -0.2) is 50.2 Å². The lowest BCUT2D eigenvalue weighted by molar-refractivity contribution is -0.143. The molecule has 0 unspecified atom stereocenters. The van der Waals surface area contributed by atoms with Crippen LogP contribution in [0, 0.1) is 5.82 Å². The van der Waals surface area contributed by atoms with Gasteiger partial charge in [-0.1, -0.05) is 17.7 Å². The van der Waals surface area contributed by atoms with Crippen molar-refractivity contribution in [3.63, 3.8) is 0 Å². The molecular weight excluding hydrogens is 313 g/mol. The van der Waals surface area contributed by atoms with E-state index in [1.54, 1.807) is 6.92 Å². The van der Waals surface area contributed by atoms with Gasteiger partial charge in [-0.2, -0.15) is 0 Å². The van der Waals surface area contributed by atoms with Crippen LogP contribution in [0.1, 0.15) is 23.7 Å². The monoisotopic (exact) mass is 331 g/mol. The number of nitrogens with zero attached hydrogens (tertiary/aromatic N) is 1. The molecule has 22 heavy (non-hydrogen) atoms. The van der Waals surface area contributed by atoms with E-state index in [1.807, 2.05) is 0 Å². The van der Waals surface area contributed by atoms with Crippen molar-refractivity contribution in [1.82, 2.24) is 4.90 Å². The summed E-state index contributed by atoms with van der Waals surface area (Å²) in [6.45, 7) is 2.56. The molecule has 0 saturated heterocycles. The van der Waals surface area contributed by atoms with Gasteiger partial charge in [-0.15, -0.1) is 0 Å². The van der Waals surface area contributed by atoms with Crippen LogP contribution < -0.4 is 0 Å². The van der Waals surface area contributed by atoms with E-state index in [4.69, 9.17) is 21.1 Å². The van der Waals surface area contributed by atoms with Crippen LogP contribution in [0.3, 0.4) is 0 Å². The summed E-state index contributed by atoms with van der Waals surface area (Å²) in [6, 6.07) is 4.03. The quantitative estimate of drug-likeness (QED) is 0.687. The fourth-order valence-electron chi connectivity index (χ4n) is 1.84. The van der Waals surface area contributed by atoms with E-state index in [9.17, 15) is 14.0 Å². The van der Waals surface area contributed by atoms with Gasteiger partial charge in [0, 0.05) is 20.2 Å². The summed E-state index contributed by atoms with van der Waals surface area (Å²) in [5.41, 5.74) is -0.205. The number of rotatable bonds is 8. The Morgan fingerprint density at radius 2 is 2.05 bits per heavy atom. The van der Waals surface area contributed by atoms with Crippen molar-refractivity contribution < 1.29 is 23.5 Å². The SMILES string of the molecule is CCOC(=O)CCN(CCOC)C(=O)c1c(F)cccc1Cl. The molecule has 1 amide bonds. The first-order valence-corrected chi connectivity index (χ1v) is 7.26. The fourth-order valence-corrected chi connectivity index (χ4v) is 2.08. The molecule has 7 heteroatoms. The molecule has 0 atom stereocenters. The highest BCUT2D eigenvalue weighted by atomic mass is 35.5. The largest absolute Gasteiger partial charge is 0.466 e. The highest BCUT2D eigenvalue weighted by Crippen LogP contribution is 2.21. The van der Waals surface area contributed by atoms with Crippen LogP contribution in [0.15, 0.2) is 18.2 Å². The first-order chi connectivity index (χ1) is 10.5. The van der Waals surface area contributed by atoms with E-state index in [0.29, 0.717) is 0 Å². The lowest BCUT2D eigenvalue weighted by Gasteiger charge is -2.22. The van der Waals surface area contributed by atoms with Crippen LogP contribution in [0.25, 0.3) is 0 Å². The van der Waals surface area contributed by atoms with Crippen LogP contribution in [-0.2, 0) is 14.3 Å². The number of carbonyl (C=O) groups is 2. The van der Waals surface area contributed by atoms with Crippen molar-refractivity contribution in [1.29, 1.82) is 0 Å². The number of halogens is 2. The molecule has 0 radical (unpaired) electrons. The number of esters is 1. The molecule has 0 bridgehead atoms. The van der Waals surface area contributed by atoms with Gasteiger partial charge < -0.3 is 14.4 Å². The van der Waals surface area contributed by atoms with Crippen LogP contribution in [0.2, 0.25) is 5.02 Å². The number of ether oxygens (including phenoxy) is 2. The maximum Gasteiger partial charge on any atom is 0.307 e. The van der Waals surface area contributed by atoms with Crippen LogP contribution >= 0.6 is 11.6 Å². The van der Waals surface area contributed by atoms with Gasteiger partial charge in [-0.3, -0.25) is 9.59 Å². The Kier molecular flexibility index (Phi) is 7.84. The van der Waals surface area contributed by atoms with E-state index in [1.165, 1.54) is 30.2 Å². The molecule has 1 aromatic carbocycles. The third-order valence-electron chi connectivity index (χ3n) is 2.92. The van der Waals surface area contributed by atoms with Crippen molar-refractivity contribution in [2.24, 2.45) is 0 Å². The minimum Gasteiger partial charge on any atom is -0.466 e. The average molecular weight is 332 g/mol. The predicted molar refractivity (Wildman–Crippen MR) is 80.4 cm³/mol. The molecule has 0 fully saturated rings. The second kappa shape index (κ2) is 9.38. The van der Waals surface area contributed by atoms with Crippen LogP contribution in [0.4, 0.5) is 4.39 Å². The molecular formula is C15H19ClFNO4. The molecule has 0 saturated carbocycles. The van der Waals surface area contributed by atoms with E-state index >= 15 is 0 Å². The van der Waals surface area contributed by atoms with Crippen molar-refractivity contribution in [2.45, 2.75) is 13.3 Å². The van der Waals surface area contributed by atoms with Gasteiger partial charge >= 0.3 is 5.97 Å². The van der Waals surface area contributed by atoms with Crippen molar-refractivity contribution in [3.05, 3.63) is 34.6 Å². The molecule has 5 nitrogen and oxygen atoms in total. The molecule has 1 aromatic rings. The minimum atomic E-state index is -0.698. The standard InChI is InChI=1S/C15H19ClFNO4/c1-3-22-13(19)7-8-18(9-10-21-2)15(20)14-11(16)5-4-6-12(14)17/h4-6H,3,7-10H2,1-2H3. The topological polar surface area (TPSA) is 55.8 Å². The van der Waals surface area contributed by atoms with E-state index < -0.39 is 17.7 Å². The third-order valence-corrected chi connectivity index (χ3v) is 3.24. The summed E-state index contributed by atoms with van der Waals surface area (Å²) >= 11 is 5.90. The normalized spacial score (nSPS) is 10.4. The van der Waals surface area contributed by atoms with Gasteiger partial charge in [0.05, 0.1) is 30.2 Å². The number of amides is 1. The summed E-state index contributed by atoms with van der Waals surface area (Å²) in [6.07, 6.45) is 0.0232. The smallest absolute Gasteiger partial charge is 0.307 e. The second-order valence-corrected chi connectivity index (χ2v) is 4.84. The molecule has 0 N–H and O–H groups in total. The lowest BCUT2D eigenvalue weighted by atomic mass is 10.1. The molecule has 0 heterocycles. The number of benzene rings is 1. The number of methoxy groups -OCH3 is 1. The van der Waals surface area contributed by atoms with Gasteiger partial charge in [-0.25, -0.2) is 4.39 Å². The molecule has 0 spiro atoms. The third kappa shape index (κ3) is 5.27.